The van der Waals surface area contributed by atoms with E-state index in [0.717, 1.165) is 92.2 Å². The lowest BCUT2D eigenvalue weighted by Gasteiger charge is -2.63. The minimum absolute atomic E-state index is 0.194. The normalized spacial score (nSPS) is 27.5. The molecule has 0 bridgehead atoms. The summed E-state index contributed by atoms with van der Waals surface area (Å²) in [5.74, 6) is 1.41. The Bertz CT molecular complexity index is 1350. The molecule has 3 aromatic rings. The highest BCUT2D eigenvalue weighted by Gasteiger charge is 2.55. The highest BCUT2D eigenvalue weighted by atomic mass is 32.1. The quantitative estimate of drug-likeness (QED) is 0.469. The van der Waals surface area contributed by atoms with Gasteiger partial charge in [-0.2, -0.15) is 19.4 Å². The fraction of sp³-hybridized carbons (Fsp3) is 0.654. The molecule has 4 fully saturated rings. The zero-order chi connectivity index (χ0) is 26.5. The number of fused-ring (bicyclic) bond motifs is 2. The average molecular weight is 554 g/mol. The first-order valence-corrected chi connectivity index (χ1v) is 14.7. The van der Waals surface area contributed by atoms with Crippen LogP contribution in [-0.4, -0.2) is 97.6 Å². The first kappa shape index (κ1) is 25.0. The molecule has 1 saturated carbocycles. The van der Waals surface area contributed by atoms with Crippen LogP contribution in [0.15, 0.2) is 12.4 Å². The van der Waals surface area contributed by atoms with Crippen molar-refractivity contribution in [3.8, 4) is 0 Å². The smallest absolute Gasteiger partial charge is 0.409 e. The molecule has 3 aromatic heterocycles. The molecule has 39 heavy (non-hydrogen) atoms. The van der Waals surface area contributed by atoms with Crippen molar-refractivity contribution in [2.24, 2.45) is 0 Å². The number of hydrogen-bond acceptors (Lipinski definition) is 11. The summed E-state index contributed by atoms with van der Waals surface area (Å²) in [4.78, 5) is 26.8. The van der Waals surface area contributed by atoms with Crippen molar-refractivity contribution in [3.63, 3.8) is 0 Å². The molecule has 7 rings (SSSR count). The van der Waals surface area contributed by atoms with Gasteiger partial charge >= 0.3 is 6.09 Å². The lowest BCUT2D eigenvalue weighted by molar-refractivity contribution is -0.133. The van der Waals surface area contributed by atoms with Crippen LogP contribution in [0.5, 0.6) is 0 Å². The summed E-state index contributed by atoms with van der Waals surface area (Å²) in [6, 6.07) is 2.15. The second-order valence-corrected chi connectivity index (χ2v) is 11.9. The van der Waals surface area contributed by atoms with E-state index >= 15 is 0 Å². The van der Waals surface area contributed by atoms with Crippen LogP contribution in [0.2, 0.25) is 0 Å². The summed E-state index contributed by atoms with van der Waals surface area (Å²) in [6.07, 6.45) is 10.1. The molecule has 1 aliphatic carbocycles. The maximum Gasteiger partial charge on any atom is 0.409 e. The van der Waals surface area contributed by atoms with E-state index in [4.69, 9.17) is 19.4 Å². The third-order valence-electron chi connectivity index (χ3n) is 8.90. The largest absolute Gasteiger partial charge is 0.453 e. The molecule has 0 aromatic carbocycles. The summed E-state index contributed by atoms with van der Waals surface area (Å²) in [6.45, 7) is 5.34. The monoisotopic (exact) mass is 553 g/mol. The number of ether oxygens (including phenoxy) is 2. The van der Waals surface area contributed by atoms with Crippen LogP contribution in [0.3, 0.4) is 0 Å². The molecule has 4 aliphatic rings. The fourth-order valence-electron chi connectivity index (χ4n) is 6.61. The van der Waals surface area contributed by atoms with E-state index in [1.165, 1.54) is 18.6 Å². The Labute approximate surface area is 231 Å². The second-order valence-electron chi connectivity index (χ2n) is 11.1. The van der Waals surface area contributed by atoms with Crippen molar-refractivity contribution in [1.29, 1.82) is 0 Å². The predicted octanol–water partition coefficient (Wildman–Crippen LogP) is 3.54. The van der Waals surface area contributed by atoms with Crippen molar-refractivity contribution < 1.29 is 14.3 Å². The van der Waals surface area contributed by atoms with Crippen LogP contribution in [-0.2, 0) is 9.47 Å². The minimum atomic E-state index is -0.194. The van der Waals surface area contributed by atoms with Crippen LogP contribution in [0, 0.1) is 6.92 Å². The number of nitrogens with zero attached hydrogens (tertiary/aromatic N) is 7. The van der Waals surface area contributed by atoms with Gasteiger partial charge in [0.1, 0.15) is 5.82 Å². The van der Waals surface area contributed by atoms with Crippen molar-refractivity contribution >= 4 is 45.3 Å². The Balaban J connectivity index is 0.999. The highest BCUT2D eigenvalue weighted by molar-refractivity contribution is 7.13. The highest BCUT2D eigenvalue weighted by Crippen LogP contribution is 2.40. The van der Waals surface area contributed by atoms with Crippen molar-refractivity contribution in [1.82, 2.24) is 33.9 Å². The van der Waals surface area contributed by atoms with Gasteiger partial charge in [-0.15, -0.1) is 0 Å². The average Bonchev–Trinajstić information content (AvgIpc) is 3.57. The number of aryl methyl sites for hydroxylation is 1. The first-order valence-electron chi connectivity index (χ1n) is 14.0. The number of anilines is 3. The minimum Gasteiger partial charge on any atom is -0.453 e. The van der Waals surface area contributed by atoms with E-state index in [2.05, 4.69) is 25.0 Å². The Morgan fingerprint density at radius 3 is 2.64 bits per heavy atom. The number of nitrogens with one attached hydrogen (secondary N) is 2. The van der Waals surface area contributed by atoms with Crippen LogP contribution in [0.25, 0.3) is 10.2 Å². The molecule has 12 nitrogen and oxygen atoms in total. The first-order chi connectivity index (χ1) is 19.1. The van der Waals surface area contributed by atoms with Crippen LogP contribution >= 0.6 is 11.5 Å². The van der Waals surface area contributed by atoms with Gasteiger partial charge in [0.25, 0.3) is 0 Å². The topological polar surface area (TPSA) is 123 Å². The van der Waals surface area contributed by atoms with Gasteiger partial charge in [-0.25, -0.2) is 4.79 Å². The maximum atomic E-state index is 11.8. The van der Waals surface area contributed by atoms with E-state index in [1.807, 2.05) is 28.9 Å². The molecule has 0 spiro atoms. The lowest BCUT2D eigenvalue weighted by Crippen LogP contribution is -2.81. The zero-order valence-corrected chi connectivity index (χ0v) is 23.2. The second kappa shape index (κ2) is 10.2. The number of amides is 1. The molecule has 1 amide bonds. The standard InChI is InChI=1S/C26H35N9O3S/c1-15-22-23(28-16-3-5-18(6-4-16)33-13-21-20(33)14-34(21)26(36)37-2)30-25(31-24(22)39-32-15)29-17-11-27-35(12-17)19-7-9-38-10-8-19/h11-12,16,18-21H,3-10,13-14H2,1-2H3,(H2,28,29,30,31)/t16?,18?,20?,21-/m0/s1. The molecule has 2 N–H and O–H groups in total. The van der Waals surface area contributed by atoms with Crippen molar-refractivity contribution in [3.05, 3.63) is 18.1 Å². The molecule has 1 unspecified atom stereocenters. The number of likely N-dealkylation sites (tertiary alicyclic amines) is 2. The third-order valence-corrected chi connectivity index (χ3v) is 9.73. The summed E-state index contributed by atoms with van der Waals surface area (Å²) in [5, 5.41) is 12.7. The molecule has 13 heteroatoms. The number of hydrogen-bond donors (Lipinski definition) is 2. The van der Waals surface area contributed by atoms with Gasteiger partial charge in [-0.05, 0) is 57.0 Å². The number of methoxy groups -OCH3 is 1. The van der Waals surface area contributed by atoms with Gasteiger partial charge in [-0.3, -0.25) is 9.58 Å². The maximum absolute atomic E-state index is 11.8. The Kier molecular flexibility index (Phi) is 6.52. The van der Waals surface area contributed by atoms with Crippen molar-refractivity contribution in [2.75, 3.05) is 44.0 Å². The SMILES string of the molecule is COC(=O)N1CC2[C@@H]1CN2C1CCC(Nc2nc(Nc3cnn(C4CCOCC4)c3)nc3snc(C)c23)CC1. The summed E-state index contributed by atoms with van der Waals surface area (Å²) >= 11 is 1.41. The Morgan fingerprint density at radius 1 is 1.08 bits per heavy atom. The van der Waals surface area contributed by atoms with E-state index in [1.54, 1.807) is 0 Å². The number of aromatic nitrogens is 5. The predicted molar refractivity (Wildman–Crippen MR) is 148 cm³/mol. The molecule has 2 atom stereocenters. The molecule has 208 valence electrons. The van der Waals surface area contributed by atoms with E-state index in [-0.39, 0.29) is 6.09 Å². The zero-order valence-electron chi connectivity index (χ0n) is 22.4. The fourth-order valence-corrected chi connectivity index (χ4v) is 7.39. The van der Waals surface area contributed by atoms with Gasteiger partial charge in [0.2, 0.25) is 5.95 Å². The lowest BCUT2D eigenvalue weighted by atomic mass is 9.80. The molecule has 3 saturated heterocycles. The van der Waals surface area contributed by atoms with Gasteiger partial charge in [0, 0.05) is 50.6 Å². The van der Waals surface area contributed by atoms with Crippen LogP contribution in [0.1, 0.15) is 50.3 Å². The number of carbonyl (C=O) groups is 1. The number of carbonyl (C=O) groups excluding carboxylic acids is 1. The van der Waals surface area contributed by atoms with E-state index in [0.29, 0.717) is 36.2 Å². The summed E-state index contributed by atoms with van der Waals surface area (Å²) in [5.41, 5.74) is 1.83. The molecule has 6 heterocycles. The molecule has 3 aliphatic heterocycles. The molecule has 0 radical (unpaired) electrons. The number of rotatable bonds is 6. The van der Waals surface area contributed by atoms with Crippen LogP contribution in [0.4, 0.5) is 22.2 Å². The Hall–Kier alpha value is -3.03. The van der Waals surface area contributed by atoms with Gasteiger partial charge in [0.05, 0.1) is 42.2 Å². The van der Waals surface area contributed by atoms with Gasteiger partial charge < -0.3 is 25.0 Å². The Morgan fingerprint density at radius 2 is 1.90 bits per heavy atom. The summed E-state index contributed by atoms with van der Waals surface area (Å²) in [7, 11) is 1.46. The summed E-state index contributed by atoms with van der Waals surface area (Å²) < 4.78 is 17.0. The third kappa shape index (κ3) is 4.59. The van der Waals surface area contributed by atoms with Crippen molar-refractivity contribution in [2.45, 2.75) is 75.7 Å². The number of piperazine rings is 1. The molecular weight excluding hydrogens is 518 g/mol. The molecular formula is C26H35N9O3S. The van der Waals surface area contributed by atoms with Gasteiger partial charge in [0.15, 0.2) is 4.83 Å². The van der Waals surface area contributed by atoms with Crippen LogP contribution < -0.4 is 10.6 Å². The van der Waals surface area contributed by atoms with Gasteiger partial charge in [-0.1, -0.05) is 0 Å². The van der Waals surface area contributed by atoms with E-state index in [9.17, 15) is 4.79 Å². The van der Waals surface area contributed by atoms with E-state index < -0.39 is 0 Å².